The average Bonchev–Trinajstić information content (AvgIpc) is 2.77. The van der Waals surface area contributed by atoms with E-state index in [9.17, 15) is 14.4 Å². The minimum absolute atomic E-state index is 0.109. The number of amides is 4. The largest absolute Gasteiger partial charge is 0.488 e. The molecule has 0 unspecified atom stereocenters. The number of hydrogen-bond acceptors (Lipinski definition) is 4. The van der Waals surface area contributed by atoms with E-state index in [0.717, 1.165) is 19.6 Å². The maximum absolute atomic E-state index is 13.1. The molecule has 1 N–H and O–H groups in total. The third-order valence-corrected chi connectivity index (χ3v) is 6.04. The Morgan fingerprint density at radius 2 is 1.76 bits per heavy atom. The molecule has 0 radical (unpaired) electrons. The molecule has 0 bridgehead atoms. The van der Waals surface area contributed by atoms with Crippen molar-refractivity contribution in [1.29, 1.82) is 0 Å². The topological polar surface area (TPSA) is 75.7 Å². The Hall–Kier alpha value is -3.46. The van der Waals surface area contributed by atoms with Crippen LogP contribution in [-0.4, -0.2) is 17.8 Å². The highest BCUT2D eigenvalue weighted by Crippen LogP contribution is 2.27. The zero-order chi connectivity index (χ0) is 23.5. The zero-order valence-electron chi connectivity index (χ0n) is 18.1. The third kappa shape index (κ3) is 4.98. The molecule has 4 rings (SSSR count). The number of urea groups is 1. The van der Waals surface area contributed by atoms with Gasteiger partial charge in [-0.05, 0) is 77.4 Å². The molecule has 166 valence electrons. The predicted molar refractivity (Wildman–Crippen MR) is 135 cm³/mol. The van der Waals surface area contributed by atoms with E-state index < -0.39 is 17.8 Å². The van der Waals surface area contributed by atoms with Crippen molar-refractivity contribution in [1.82, 2.24) is 5.32 Å². The summed E-state index contributed by atoms with van der Waals surface area (Å²) in [6.07, 6.45) is 1.49. The second-order valence-electron chi connectivity index (χ2n) is 7.71. The van der Waals surface area contributed by atoms with Crippen molar-refractivity contribution >= 4 is 52.2 Å². The lowest BCUT2D eigenvalue weighted by Gasteiger charge is -2.27. The van der Waals surface area contributed by atoms with Gasteiger partial charge < -0.3 is 4.74 Å². The second-order valence-corrected chi connectivity index (χ2v) is 8.87. The van der Waals surface area contributed by atoms with Crippen molar-refractivity contribution in [3.8, 4) is 5.75 Å². The highest BCUT2D eigenvalue weighted by atomic mass is 127. The molecule has 1 fully saturated rings. The van der Waals surface area contributed by atoms with Gasteiger partial charge in [0.15, 0.2) is 0 Å². The summed E-state index contributed by atoms with van der Waals surface area (Å²) in [4.78, 5) is 38.9. The summed E-state index contributed by atoms with van der Waals surface area (Å²) in [6, 6.07) is 19.8. The van der Waals surface area contributed by atoms with Crippen LogP contribution in [0.15, 0.2) is 72.3 Å². The molecule has 1 saturated heterocycles. The standard InChI is InChI=1S/C26H21IN2O4/c1-16-6-5-8-19(12-16)15-33-23-11-10-18(14-21(23)27)13-20-24(30)28-26(32)29(25(20)31)22-9-4-3-7-17(22)2/h3-14H,15H2,1-2H3,(H,28,30,32)/b20-13+. The maximum atomic E-state index is 13.1. The lowest BCUT2D eigenvalue weighted by atomic mass is 10.1. The summed E-state index contributed by atoms with van der Waals surface area (Å²) in [7, 11) is 0. The monoisotopic (exact) mass is 552 g/mol. The number of nitrogens with one attached hydrogen (secondary N) is 1. The Morgan fingerprint density at radius 3 is 2.48 bits per heavy atom. The highest BCUT2D eigenvalue weighted by Gasteiger charge is 2.37. The van der Waals surface area contributed by atoms with Gasteiger partial charge in [-0.25, -0.2) is 9.69 Å². The Labute approximate surface area is 205 Å². The van der Waals surface area contributed by atoms with Crippen LogP contribution in [0.25, 0.3) is 6.08 Å². The molecule has 0 aliphatic carbocycles. The molecule has 3 aromatic carbocycles. The number of hydrogen-bond donors (Lipinski definition) is 1. The van der Waals surface area contributed by atoms with Crippen molar-refractivity contribution < 1.29 is 19.1 Å². The second kappa shape index (κ2) is 9.58. The van der Waals surface area contributed by atoms with Crippen LogP contribution in [0.1, 0.15) is 22.3 Å². The number of carbonyl (C=O) groups is 3. The smallest absolute Gasteiger partial charge is 0.335 e. The minimum atomic E-state index is -0.758. The summed E-state index contributed by atoms with van der Waals surface area (Å²) in [5, 5.41) is 2.26. The molecular weight excluding hydrogens is 531 g/mol. The minimum Gasteiger partial charge on any atom is -0.488 e. The lowest BCUT2D eigenvalue weighted by molar-refractivity contribution is -0.122. The van der Waals surface area contributed by atoms with E-state index in [4.69, 9.17) is 4.74 Å². The number of benzene rings is 3. The first-order valence-corrected chi connectivity index (χ1v) is 11.4. The van der Waals surface area contributed by atoms with E-state index in [1.54, 1.807) is 37.3 Å². The third-order valence-electron chi connectivity index (χ3n) is 5.20. The number of imide groups is 2. The van der Waals surface area contributed by atoms with E-state index in [1.165, 1.54) is 11.6 Å². The van der Waals surface area contributed by atoms with E-state index in [2.05, 4.69) is 34.0 Å². The molecule has 0 atom stereocenters. The van der Waals surface area contributed by atoms with Crippen molar-refractivity contribution in [2.45, 2.75) is 20.5 Å². The molecule has 0 saturated carbocycles. The van der Waals surface area contributed by atoms with Crippen molar-refractivity contribution in [3.63, 3.8) is 0 Å². The van der Waals surface area contributed by atoms with Crippen LogP contribution in [0.3, 0.4) is 0 Å². The van der Waals surface area contributed by atoms with E-state index in [0.29, 0.717) is 23.6 Å². The summed E-state index contributed by atoms with van der Waals surface area (Å²) in [5.74, 6) is -0.673. The first kappa shape index (κ1) is 22.7. The maximum Gasteiger partial charge on any atom is 0.335 e. The lowest BCUT2D eigenvalue weighted by Crippen LogP contribution is -2.54. The van der Waals surface area contributed by atoms with Gasteiger partial charge in [-0.1, -0.05) is 54.1 Å². The van der Waals surface area contributed by atoms with Gasteiger partial charge in [0.25, 0.3) is 11.8 Å². The van der Waals surface area contributed by atoms with Crippen LogP contribution in [0.5, 0.6) is 5.75 Å². The molecule has 6 nitrogen and oxygen atoms in total. The Morgan fingerprint density at radius 1 is 0.970 bits per heavy atom. The summed E-state index contributed by atoms with van der Waals surface area (Å²) >= 11 is 2.16. The Balaban J connectivity index is 1.57. The van der Waals surface area contributed by atoms with Crippen LogP contribution in [-0.2, 0) is 16.2 Å². The van der Waals surface area contributed by atoms with Crippen LogP contribution in [0.2, 0.25) is 0 Å². The fourth-order valence-electron chi connectivity index (χ4n) is 3.54. The number of aryl methyl sites for hydroxylation is 2. The number of carbonyl (C=O) groups excluding carboxylic acids is 3. The number of anilines is 1. The molecule has 33 heavy (non-hydrogen) atoms. The fraction of sp³-hybridized carbons (Fsp3) is 0.115. The number of barbiturate groups is 1. The van der Waals surface area contributed by atoms with E-state index in [-0.39, 0.29) is 5.57 Å². The zero-order valence-corrected chi connectivity index (χ0v) is 20.3. The number of rotatable bonds is 5. The van der Waals surface area contributed by atoms with Crippen molar-refractivity contribution in [3.05, 3.63) is 98.1 Å². The van der Waals surface area contributed by atoms with Crippen LogP contribution >= 0.6 is 22.6 Å². The van der Waals surface area contributed by atoms with E-state index >= 15 is 0 Å². The average molecular weight is 552 g/mol. The first-order chi connectivity index (χ1) is 15.8. The molecule has 1 aliphatic rings. The molecule has 3 aromatic rings. The highest BCUT2D eigenvalue weighted by molar-refractivity contribution is 14.1. The normalized spacial score (nSPS) is 15.1. The van der Waals surface area contributed by atoms with E-state index in [1.807, 2.05) is 37.3 Å². The van der Waals surface area contributed by atoms with Gasteiger partial charge in [0.1, 0.15) is 17.9 Å². The van der Waals surface area contributed by atoms with Gasteiger partial charge in [-0.15, -0.1) is 0 Å². The SMILES string of the molecule is Cc1cccc(COc2ccc(/C=C3\C(=O)NC(=O)N(c4ccccc4C)C3=O)cc2I)c1. The van der Waals surface area contributed by atoms with Gasteiger partial charge in [0.2, 0.25) is 0 Å². The van der Waals surface area contributed by atoms with Gasteiger partial charge >= 0.3 is 6.03 Å². The molecular formula is C26H21IN2O4. The summed E-state index contributed by atoms with van der Waals surface area (Å²) in [6.45, 7) is 4.27. The Kier molecular flexibility index (Phi) is 6.60. The molecule has 1 aliphatic heterocycles. The van der Waals surface area contributed by atoms with Crippen LogP contribution < -0.4 is 15.0 Å². The quantitative estimate of drug-likeness (QED) is 0.270. The molecule has 1 heterocycles. The fourth-order valence-corrected chi connectivity index (χ4v) is 4.24. The van der Waals surface area contributed by atoms with Crippen molar-refractivity contribution in [2.75, 3.05) is 4.90 Å². The van der Waals surface area contributed by atoms with Gasteiger partial charge in [0, 0.05) is 0 Å². The summed E-state index contributed by atoms with van der Waals surface area (Å²) < 4.78 is 6.78. The first-order valence-electron chi connectivity index (χ1n) is 10.3. The molecule has 4 amide bonds. The predicted octanol–water partition coefficient (Wildman–Crippen LogP) is 5.15. The van der Waals surface area contributed by atoms with Gasteiger partial charge in [-0.2, -0.15) is 0 Å². The molecule has 7 heteroatoms. The van der Waals surface area contributed by atoms with Gasteiger partial charge in [0.05, 0.1) is 9.26 Å². The number of para-hydroxylation sites is 1. The van der Waals surface area contributed by atoms with Crippen LogP contribution in [0, 0.1) is 17.4 Å². The number of halogens is 1. The number of ether oxygens (including phenoxy) is 1. The Bertz CT molecular complexity index is 1300. The van der Waals surface area contributed by atoms with Crippen LogP contribution in [0.4, 0.5) is 10.5 Å². The van der Waals surface area contributed by atoms with Gasteiger partial charge in [-0.3, -0.25) is 14.9 Å². The summed E-state index contributed by atoms with van der Waals surface area (Å²) in [5.41, 5.74) is 3.97. The van der Waals surface area contributed by atoms with Crippen molar-refractivity contribution in [2.24, 2.45) is 0 Å². The molecule has 0 aromatic heterocycles. The molecule has 0 spiro atoms. The number of nitrogens with zero attached hydrogens (tertiary/aromatic N) is 1.